The molecule has 1 aliphatic rings. The molecule has 18 heavy (non-hydrogen) atoms. The fourth-order valence-corrected chi connectivity index (χ4v) is 2.21. The van der Waals surface area contributed by atoms with Gasteiger partial charge in [-0.25, -0.2) is 0 Å². The Hall–Kier alpha value is -1.30. The van der Waals surface area contributed by atoms with Gasteiger partial charge in [0.2, 0.25) is 0 Å². The van der Waals surface area contributed by atoms with Crippen molar-refractivity contribution in [2.45, 2.75) is 25.6 Å². The van der Waals surface area contributed by atoms with Crippen molar-refractivity contribution in [2.24, 2.45) is 5.92 Å². The Morgan fingerprint density at radius 2 is 2.17 bits per heavy atom. The van der Waals surface area contributed by atoms with Gasteiger partial charge in [0.25, 0.3) is 0 Å². The summed E-state index contributed by atoms with van der Waals surface area (Å²) < 4.78 is 37.9. The highest BCUT2D eigenvalue weighted by atomic mass is 19.4. The molecule has 0 aliphatic carbocycles. The van der Waals surface area contributed by atoms with E-state index >= 15 is 0 Å². The molecule has 6 heteroatoms. The maximum absolute atomic E-state index is 12.6. The zero-order valence-electron chi connectivity index (χ0n) is 9.82. The lowest BCUT2D eigenvalue weighted by Gasteiger charge is -2.33. The van der Waals surface area contributed by atoms with Gasteiger partial charge in [-0.1, -0.05) is 0 Å². The van der Waals surface area contributed by atoms with Crippen molar-refractivity contribution in [3.8, 4) is 5.75 Å². The van der Waals surface area contributed by atoms with Crippen molar-refractivity contribution in [3.63, 3.8) is 0 Å². The average molecular weight is 260 g/mol. The van der Waals surface area contributed by atoms with Crippen LogP contribution in [0, 0.1) is 5.92 Å². The van der Waals surface area contributed by atoms with Gasteiger partial charge in [0.05, 0.1) is 17.8 Å². The molecule has 0 radical (unpaired) electrons. The molecule has 1 saturated heterocycles. The average Bonchev–Trinajstić information content (AvgIpc) is 2.31. The van der Waals surface area contributed by atoms with Crippen LogP contribution in [0.2, 0.25) is 0 Å². The van der Waals surface area contributed by atoms with E-state index in [-0.39, 0.29) is 18.7 Å². The number of hydrogen-bond donors (Lipinski definition) is 1. The first-order valence-electron chi connectivity index (χ1n) is 5.88. The van der Waals surface area contributed by atoms with E-state index < -0.39 is 12.1 Å². The first-order chi connectivity index (χ1) is 8.45. The van der Waals surface area contributed by atoms with Gasteiger partial charge in [-0.15, -0.1) is 0 Å². The second kappa shape index (κ2) is 5.14. The van der Waals surface area contributed by atoms with Gasteiger partial charge in [-0.2, -0.15) is 13.2 Å². The van der Waals surface area contributed by atoms with Crippen molar-refractivity contribution >= 4 is 0 Å². The molecule has 2 heterocycles. The number of aromatic nitrogens is 1. The second-order valence-corrected chi connectivity index (χ2v) is 4.62. The van der Waals surface area contributed by atoms with Crippen LogP contribution in [0.5, 0.6) is 5.75 Å². The normalized spacial score (nSPS) is 22.1. The molecule has 0 saturated carbocycles. The number of aromatic hydroxyl groups is 1. The van der Waals surface area contributed by atoms with Crippen LogP contribution in [0.25, 0.3) is 0 Å². The van der Waals surface area contributed by atoms with E-state index in [0.29, 0.717) is 25.2 Å². The molecule has 1 fully saturated rings. The summed E-state index contributed by atoms with van der Waals surface area (Å²) in [6, 6.07) is 3.13. The van der Waals surface area contributed by atoms with Crippen LogP contribution >= 0.6 is 0 Å². The minimum Gasteiger partial charge on any atom is -0.506 e. The Labute approximate surface area is 103 Å². The summed E-state index contributed by atoms with van der Waals surface area (Å²) in [6.07, 6.45) is -2.03. The number of pyridine rings is 1. The maximum atomic E-state index is 12.6. The van der Waals surface area contributed by atoms with Crippen LogP contribution in [0.15, 0.2) is 18.3 Å². The molecule has 1 aromatic rings. The molecule has 0 amide bonds. The Morgan fingerprint density at radius 3 is 2.78 bits per heavy atom. The van der Waals surface area contributed by atoms with Crippen molar-refractivity contribution in [1.29, 1.82) is 0 Å². The van der Waals surface area contributed by atoms with E-state index in [1.54, 1.807) is 11.0 Å². The van der Waals surface area contributed by atoms with Crippen LogP contribution in [0.4, 0.5) is 13.2 Å². The highest BCUT2D eigenvalue weighted by molar-refractivity contribution is 5.17. The quantitative estimate of drug-likeness (QED) is 0.887. The van der Waals surface area contributed by atoms with Crippen molar-refractivity contribution in [1.82, 2.24) is 9.88 Å². The van der Waals surface area contributed by atoms with Crippen LogP contribution in [0.3, 0.4) is 0 Å². The van der Waals surface area contributed by atoms with Crippen LogP contribution in [-0.2, 0) is 6.54 Å². The zero-order valence-corrected chi connectivity index (χ0v) is 9.82. The molecule has 100 valence electrons. The molecular formula is C12H15F3N2O. The predicted octanol–water partition coefficient (Wildman–Crippen LogP) is 2.56. The smallest absolute Gasteiger partial charge is 0.393 e. The molecule has 0 aromatic carbocycles. The number of alkyl halides is 3. The molecular weight excluding hydrogens is 245 g/mol. The van der Waals surface area contributed by atoms with E-state index in [2.05, 4.69) is 4.98 Å². The maximum Gasteiger partial charge on any atom is 0.393 e. The number of nitrogens with zero attached hydrogens (tertiary/aromatic N) is 2. The molecule has 0 bridgehead atoms. The predicted molar refractivity (Wildman–Crippen MR) is 60.0 cm³/mol. The van der Waals surface area contributed by atoms with E-state index in [1.807, 2.05) is 0 Å². The zero-order chi connectivity index (χ0) is 13.2. The summed E-state index contributed by atoms with van der Waals surface area (Å²) in [5.41, 5.74) is 0.677. The molecule has 1 N–H and O–H groups in total. The first-order valence-corrected chi connectivity index (χ1v) is 5.88. The lowest BCUT2D eigenvalue weighted by molar-refractivity contribution is -0.187. The number of hydrogen-bond acceptors (Lipinski definition) is 3. The van der Waals surface area contributed by atoms with Gasteiger partial charge in [0.15, 0.2) is 0 Å². The van der Waals surface area contributed by atoms with E-state index in [0.717, 1.165) is 0 Å². The lowest BCUT2D eigenvalue weighted by atomic mass is 9.97. The van der Waals surface area contributed by atoms with E-state index in [9.17, 15) is 13.2 Å². The minimum absolute atomic E-state index is 0.0338. The highest BCUT2D eigenvalue weighted by Crippen LogP contribution is 2.33. The fraction of sp³-hybridized carbons (Fsp3) is 0.583. The number of likely N-dealkylation sites (tertiary alicyclic amines) is 1. The number of piperidine rings is 1. The van der Waals surface area contributed by atoms with Gasteiger partial charge in [-0.05, 0) is 31.5 Å². The largest absolute Gasteiger partial charge is 0.506 e. The minimum atomic E-state index is -4.11. The SMILES string of the molecule is Oc1ccc(CN2CCCC(C(F)(F)F)C2)nc1. The van der Waals surface area contributed by atoms with E-state index in [1.165, 1.54) is 12.3 Å². The lowest BCUT2D eigenvalue weighted by Crippen LogP contribution is -2.41. The van der Waals surface area contributed by atoms with Gasteiger partial charge in [0.1, 0.15) is 5.75 Å². The summed E-state index contributed by atoms with van der Waals surface area (Å²) in [6.45, 7) is 1.09. The summed E-state index contributed by atoms with van der Waals surface area (Å²) in [5, 5.41) is 9.09. The van der Waals surface area contributed by atoms with Gasteiger partial charge < -0.3 is 5.11 Å². The summed E-state index contributed by atoms with van der Waals surface area (Å²) in [7, 11) is 0. The number of rotatable bonds is 2. The molecule has 3 nitrogen and oxygen atoms in total. The Kier molecular flexibility index (Phi) is 3.75. The fourth-order valence-electron chi connectivity index (χ4n) is 2.21. The monoisotopic (exact) mass is 260 g/mol. The second-order valence-electron chi connectivity index (χ2n) is 4.62. The molecule has 0 spiro atoms. The summed E-state index contributed by atoms with van der Waals surface area (Å²) in [4.78, 5) is 5.75. The van der Waals surface area contributed by atoms with E-state index in [4.69, 9.17) is 5.11 Å². The topological polar surface area (TPSA) is 36.4 Å². The van der Waals surface area contributed by atoms with Crippen LogP contribution < -0.4 is 0 Å². The molecule has 1 atom stereocenters. The summed E-state index contributed by atoms with van der Waals surface area (Å²) in [5.74, 6) is -1.17. The molecule has 1 aliphatic heterocycles. The molecule has 2 rings (SSSR count). The molecule has 1 aromatic heterocycles. The van der Waals surface area contributed by atoms with Gasteiger partial charge in [-0.3, -0.25) is 9.88 Å². The van der Waals surface area contributed by atoms with Crippen molar-refractivity contribution in [2.75, 3.05) is 13.1 Å². The Bertz CT molecular complexity index is 391. The summed E-state index contributed by atoms with van der Waals surface area (Å²) >= 11 is 0. The Balaban J connectivity index is 1.95. The highest BCUT2D eigenvalue weighted by Gasteiger charge is 2.41. The van der Waals surface area contributed by atoms with Crippen molar-refractivity contribution < 1.29 is 18.3 Å². The van der Waals surface area contributed by atoms with Crippen LogP contribution in [-0.4, -0.2) is 34.3 Å². The third-order valence-electron chi connectivity index (χ3n) is 3.16. The molecule has 1 unspecified atom stereocenters. The Morgan fingerprint density at radius 1 is 1.39 bits per heavy atom. The standard InChI is InChI=1S/C12H15F3N2O/c13-12(14,15)9-2-1-5-17(7-9)8-10-3-4-11(18)6-16-10/h3-4,6,9,18H,1-2,5,7-8H2. The first kappa shape index (κ1) is 13.1. The van der Waals surface area contributed by atoms with Crippen molar-refractivity contribution in [3.05, 3.63) is 24.0 Å². The van der Waals surface area contributed by atoms with Crippen LogP contribution in [0.1, 0.15) is 18.5 Å². The number of halogens is 3. The van der Waals surface area contributed by atoms with Gasteiger partial charge >= 0.3 is 6.18 Å². The third-order valence-corrected chi connectivity index (χ3v) is 3.16. The van der Waals surface area contributed by atoms with Gasteiger partial charge in [0, 0.05) is 13.1 Å². The third kappa shape index (κ3) is 3.35.